The number of nitrogens with two attached hydrogens (primary N) is 1. The number of nitrogens with zero attached hydrogens (tertiary/aromatic N) is 1. The number of hydrogen-bond acceptors (Lipinski definition) is 11. The second-order valence-electron chi connectivity index (χ2n) is 13.5. The summed E-state index contributed by atoms with van der Waals surface area (Å²) in [6, 6.07) is -0.217. The number of nitrogens with one attached hydrogen (secondary N) is 2. The van der Waals surface area contributed by atoms with Crippen LogP contribution in [0.15, 0.2) is 17.8 Å². The molecule has 8 N–H and O–H groups in total. The number of carbonyl (C=O) groups is 5. The first kappa shape index (κ1) is 40.9. The van der Waals surface area contributed by atoms with Gasteiger partial charge in [-0.15, -0.1) is 0 Å². The molecule has 0 aliphatic carbocycles. The summed E-state index contributed by atoms with van der Waals surface area (Å²) in [6.07, 6.45) is -0.0665. The second-order valence-corrected chi connectivity index (χ2v) is 13.8. The quantitative estimate of drug-likeness (QED) is 0.116. The van der Waals surface area contributed by atoms with Gasteiger partial charge in [0.25, 0.3) is 0 Å². The molecular weight excluding hydrogens is 640 g/mol. The maximum Gasteiger partial charge on any atom is 0.419 e. The van der Waals surface area contributed by atoms with Crippen LogP contribution in [0.5, 0.6) is 11.5 Å². The van der Waals surface area contributed by atoms with Crippen molar-refractivity contribution in [1.29, 1.82) is 0 Å². The monoisotopic (exact) mass is 686 g/mol. The first-order valence-corrected chi connectivity index (χ1v) is 15.2. The molecule has 0 fully saturated rings. The molecule has 0 aliphatic heterocycles. The minimum absolute atomic E-state index is 0.0165. The first-order valence-electron chi connectivity index (χ1n) is 14.8. The highest BCUT2D eigenvalue weighted by molar-refractivity contribution is 6.33. The van der Waals surface area contributed by atoms with Crippen LogP contribution in [0.3, 0.4) is 0 Å². The molecule has 16 heteroatoms. The van der Waals surface area contributed by atoms with Crippen molar-refractivity contribution < 1.29 is 53.9 Å². The number of carboxylic acids is 1. The molecule has 0 heterocycles. The van der Waals surface area contributed by atoms with Crippen molar-refractivity contribution in [3.8, 4) is 11.5 Å². The number of imide groups is 1. The summed E-state index contributed by atoms with van der Waals surface area (Å²) >= 11 is 5.70. The van der Waals surface area contributed by atoms with Crippen LogP contribution >= 0.6 is 11.6 Å². The van der Waals surface area contributed by atoms with E-state index >= 15 is 0 Å². The Morgan fingerprint density at radius 3 is 1.85 bits per heavy atom. The number of carboxylic acid groups (broad SMARTS) is 1. The standard InChI is InChI=1S/C31H47ClN4O11/c1-29(2,3)46-27(43)36(28(44)47-30(4,5)6)12-10-9-11-18(33)16-22(39)35-24(31(7,8)45)25(40)34-19(26(41)42)13-17-14-20(37)23(32)21(38)15-17/h13-15,18,24,37-38,45H,9-12,16,33H2,1-8H3,(H,34,40)(H,35,39)(H,41,42)/b19-13-/t18-,24+/m0/s1. The number of rotatable bonds is 13. The Labute approximate surface area is 279 Å². The predicted octanol–water partition coefficient (Wildman–Crippen LogP) is 3.61. The summed E-state index contributed by atoms with van der Waals surface area (Å²) in [6.45, 7) is 12.4. The van der Waals surface area contributed by atoms with Gasteiger partial charge in [0.05, 0.1) is 5.60 Å². The molecule has 264 valence electrons. The highest BCUT2D eigenvalue weighted by Crippen LogP contribution is 2.34. The average Bonchev–Trinajstić information content (AvgIpc) is 2.86. The van der Waals surface area contributed by atoms with Gasteiger partial charge in [-0.05, 0) is 92.0 Å². The molecule has 0 aliphatic rings. The first-order chi connectivity index (χ1) is 21.3. The molecule has 1 rings (SSSR count). The number of benzene rings is 1. The van der Waals surface area contributed by atoms with Crippen molar-refractivity contribution in [2.75, 3.05) is 6.54 Å². The molecule has 0 aromatic heterocycles. The zero-order valence-electron chi connectivity index (χ0n) is 28.0. The van der Waals surface area contributed by atoms with Gasteiger partial charge in [0.15, 0.2) is 0 Å². The lowest BCUT2D eigenvalue weighted by atomic mass is 9.97. The van der Waals surface area contributed by atoms with E-state index in [9.17, 15) is 44.4 Å². The summed E-state index contributed by atoms with van der Waals surface area (Å²) in [5, 5.41) is 44.0. The number of amides is 4. The maximum absolute atomic E-state index is 13.0. The Kier molecular flexibility index (Phi) is 14.5. The van der Waals surface area contributed by atoms with Gasteiger partial charge in [0.2, 0.25) is 11.8 Å². The Morgan fingerprint density at radius 2 is 1.43 bits per heavy atom. The Hall–Kier alpha value is -4.08. The molecule has 0 saturated heterocycles. The largest absolute Gasteiger partial charge is 0.506 e. The van der Waals surface area contributed by atoms with E-state index in [2.05, 4.69) is 10.6 Å². The van der Waals surface area contributed by atoms with E-state index in [0.29, 0.717) is 12.8 Å². The smallest absolute Gasteiger partial charge is 0.419 e. The van der Waals surface area contributed by atoms with E-state index < -0.39 is 76.1 Å². The van der Waals surface area contributed by atoms with Crippen LogP contribution in [0.25, 0.3) is 6.08 Å². The van der Waals surface area contributed by atoms with Gasteiger partial charge in [-0.3, -0.25) is 9.59 Å². The third kappa shape index (κ3) is 14.9. The van der Waals surface area contributed by atoms with Crippen molar-refractivity contribution in [2.45, 2.75) is 110 Å². The van der Waals surface area contributed by atoms with E-state index in [1.807, 2.05) is 0 Å². The van der Waals surface area contributed by atoms with Crippen molar-refractivity contribution in [1.82, 2.24) is 15.5 Å². The van der Waals surface area contributed by atoms with Gasteiger partial charge in [0, 0.05) is 19.0 Å². The van der Waals surface area contributed by atoms with E-state index in [0.717, 1.165) is 23.1 Å². The topological polar surface area (TPSA) is 238 Å². The fourth-order valence-electron chi connectivity index (χ4n) is 3.91. The summed E-state index contributed by atoms with van der Waals surface area (Å²) in [5.74, 6) is -4.44. The number of aromatic hydroxyl groups is 2. The highest BCUT2D eigenvalue weighted by Gasteiger charge is 2.36. The molecule has 47 heavy (non-hydrogen) atoms. The molecule has 0 saturated carbocycles. The maximum atomic E-state index is 13.0. The molecule has 15 nitrogen and oxygen atoms in total. The average molecular weight is 687 g/mol. The number of phenolic OH excluding ortho intramolecular Hbond substituents is 2. The lowest BCUT2D eigenvalue weighted by molar-refractivity contribution is -0.137. The van der Waals surface area contributed by atoms with Crippen molar-refractivity contribution in [3.63, 3.8) is 0 Å². The molecule has 2 atom stereocenters. The van der Waals surface area contributed by atoms with E-state index in [4.69, 9.17) is 26.8 Å². The molecule has 1 aromatic carbocycles. The van der Waals surface area contributed by atoms with Crippen LogP contribution in [0, 0.1) is 0 Å². The van der Waals surface area contributed by atoms with Gasteiger partial charge < -0.3 is 46.3 Å². The number of ether oxygens (including phenoxy) is 2. The predicted molar refractivity (Wildman–Crippen MR) is 172 cm³/mol. The number of halogens is 1. The van der Waals surface area contributed by atoms with Crippen LogP contribution in [0.1, 0.15) is 86.6 Å². The Bertz CT molecular complexity index is 1290. The number of aliphatic hydroxyl groups is 1. The van der Waals surface area contributed by atoms with E-state index in [-0.39, 0.29) is 30.0 Å². The van der Waals surface area contributed by atoms with Gasteiger partial charge in [-0.2, -0.15) is 0 Å². The summed E-state index contributed by atoms with van der Waals surface area (Å²) in [7, 11) is 0. The fraction of sp³-hybridized carbons (Fsp3) is 0.581. The van der Waals surface area contributed by atoms with Crippen molar-refractivity contribution >= 4 is 47.6 Å². The Balaban J connectivity index is 2.87. The van der Waals surface area contributed by atoms with Gasteiger partial charge in [0.1, 0.15) is 39.5 Å². The molecule has 0 radical (unpaired) electrons. The van der Waals surface area contributed by atoms with Gasteiger partial charge in [-0.25, -0.2) is 19.3 Å². The van der Waals surface area contributed by atoms with Crippen LogP contribution in [-0.4, -0.2) is 90.7 Å². The molecule has 4 amide bonds. The zero-order valence-corrected chi connectivity index (χ0v) is 28.7. The van der Waals surface area contributed by atoms with Crippen molar-refractivity contribution in [3.05, 3.63) is 28.4 Å². The van der Waals surface area contributed by atoms with E-state index in [1.165, 1.54) is 13.8 Å². The second kappa shape index (κ2) is 16.7. The third-order valence-corrected chi connectivity index (χ3v) is 6.40. The normalized spacial score (nSPS) is 13.6. The van der Waals surface area contributed by atoms with E-state index in [1.54, 1.807) is 41.5 Å². The molecule has 0 unspecified atom stereocenters. The number of carbonyl (C=O) groups excluding carboxylic acids is 4. The number of hydrogen-bond donors (Lipinski definition) is 7. The minimum Gasteiger partial charge on any atom is -0.506 e. The fourth-order valence-corrected chi connectivity index (χ4v) is 4.02. The molecule has 0 bridgehead atoms. The highest BCUT2D eigenvalue weighted by atomic mass is 35.5. The molecule has 1 aromatic rings. The SMILES string of the molecule is CC(C)(C)OC(=O)N(CCCC[C@H](N)CC(=O)N[C@H](C(=O)N/C(=C\c1cc(O)c(Cl)c(O)c1)C(=O)O)C(C)(C)O)C(=O)OC(C)(C)C. The number of phenols is 2. The van der Waals surface area contributed by atoms with Crippen molar-refractivity contribution in [2.24, 2.45) is 5.73 Å². The lowest BCUT2D eigenvalue weighted by Gasteiger charge is -2.29. The summed E-state index contributed by atoms with van der Waals surface area (Å²) in [4.78, 5) is 63.8. The van der Waals surface area contributed by atoms with Crippen LogP contribution in [0.2, 0.25) is 5.02 Å². The van der Waals surface area contributed by atoms with Gasteiger partial charge >= 0.3 is 18.2 Å². The number of unbranched alkanes of at least 4 members (excludes halogenated alkanes) is 1. The molecular formula is C31H47ClN4O11. The van der Waals surface area contributed by atoms with Gasteiger partial charge in [-0.1, -0.05) is 18.0 Å². The summed E-state index contributed by atoms with van der Waals surface area (Å²) in [5.41, 5.74) is 1.87. The van der Waals surface area contributed by atoms with Crippen LogP contribution in [0.4, 0.5) is 9.59 Å². The molecule has 0 spiro atoms. The summed E-state index contributed by atoms with van der Waals surface area (Å²) < 4.78 is 10.6. The van der Waals surface area contributed by atoms with Crippen LogP contribution in [-0.2, 0) is 23.9 Å². The minimum atomic E-state index is -1.85. The van der Waals surface area contributed by atoms with Crippen LogP contribution < -0.4 is 16.4 Å². The Morgan fingerprint density at radius 1 is 0.936 bits per heavy atom. The zero-order chi connectivity index (χ0) is 36.5. The number of aliphatic carboxylic acids is 1. The lowest BCUT2D eigenvalue weighted by Crippen LogP contribution is -2.58. The third-order valence-electron chi connectivity index (χ3n) is 6.01.